The Labute approximate surface area is 78.8 Å². The third-order valence-electron chi connectivity index (χ3n) is 1.48. The van der Waals surface area contributed by atoms with Gasteiger partial charge in [0.2, 0.25) is 0 Å². The second-order valence-electron chi connectivity index (χ2n) is 2.40. The Morgan fingerprint density at radius 1 is 1.46 bits per heavy atom. The first-order chi connectivity index (χ1) is 6.36. The Morgan fingerprint density at radius 2 is 2.23 bits per heavy atom. The molecule has 0 spiro atoms. The number of aromatic nitrogens is 4. The summed E-state index contributed by atoms with van der Waals surface area (Å²) in [5, 5.41) is 13.5. The lowest BCUT2D eigenvalue weighted by molar-refractivity contribution is 0.869. The lowest BCUT2D eigenvalue weighted by Crippen LogP contribution is -1.98. The summed E-state index contributed by atoms with van der Waals surface area (Å²) in [5.74, 6) is 0. The van der Waals surface area contributed by atoms with Crippen molar-refractivity contribution >= 4 is 17.0 Å². The highest BCUT2D eigenvalue weighted by molar-refractivity contribution is 7.07. The number of nitrogens with zero attached hydrogens (tertiary/aromatic N) is 5. The molecule has 0 amide bonds. The van der Waals surface area contributed by atoms with E-state index in [0.29, 0.717) is 0 Å². The van der Waals surface area contributed by atoms with E-state index in [1.165, 1.54) is 12.7 Å². The Kier molecular flexibility index (Phi) is 2.13. The summed E-state index contributed by atoms with van der Waals surface area (Å²) in [6.45, 7) is 1.90. The molecule has 0 atom stereocenters. The van der Waals surface area contributed by atoms with Gasteiger partial charge in [0.15, 0.2) is 0 Å². The summed E-state index contributed by atoms with van der Waals surface area (Å²) >= 11 is 1.55. The van der Waals surface area contributed by atoms with Crippen LogP contribution in [0.3, 0.4) is 0 Å². The summed E-state index contributed by atoms with van der Waals surface area (Å²) in [6, 6.07) is 0. The van der Waals surface area contributed by atoms with E-state index in [4.69, 9.17) is 0 Å². The Bertz CT molecular complexity index is 388. The fraction of sp³-hybridized carbons (Fsp3) is 0.143. The van der Waals surface area contributed by atoms with Gasteiger partial charge in [-0.25, -0.2) is 9.66 Å². The maximum Gasteiger partial charge on any atom is 0.141 e. The van der Waals surface area contributed by atoms with Crippen LogP contribution in [0.25, 0.3) is 0 Å². The molecule has 0 aromatic carbocycles. The Hall–Kier alpha value is -1.56. The SMILES string of the molecule is C/C(=N/n1cnnc1)c1cscn1. The first-order valence-electron chi connectivity index (χ1n) is 3.65. The largest absolute Gasteiger partial charge is 0.243 e. The lowest BCUT2D eigenvalue weighted by Gasteiger charge is -1.93. The van der Waals surface area contributed by atoms with Crippen LogP contribution in [0.2, 0.25) is 0 Å². The fourth-order valence-electron chi connectivity index (χ4n) is 0.863. The zero-order valence-electron chi connectivity index (χ0n) is 6.95. The van der Waals surface area contributed by atoms with Crippen LogP contribution in [0.4, 0.5) is 0 Å². The van der Waals surface area contributed by atoms with Crippen LogP contribution in [0.5, 0.6) is 0 Å². The minimum Gasteiger partial charge on any atom is -0.243 e. The molecule has 0 unspecified atom stereocenters. The molecule has 13 heavy (non-hydrogen) atoms. The van der Waals surface area contributed by atoms with Crippen LogP contribution < -0.4 is 0 Å². The smallest absolute Gasteiger partial charge is 0.141 e. The highest BCUT2D eigenvalue weighted by Crippen LogP contribution is 2.02. The van der Waals surface area contributed by atoms with Gasteiger partial charge < -0.3 is 0 Å². The Balaban J connectivity index is 2.27. The molecular weight excluding hydrogens is 186 g/mol. The first kappa shape index (κ1) is 8.06. The van der Waals surface area contributed by atoms with E-state index >= 15 is 0 Å². The van der Waals surface area contributed by atoms with Crippen LogP contribution in [-0.2, 0) is 0 Å². The minimum atomic E-state index is 0.848. The number of hydrogen-bond acceptors (Lipinski definition) is 5. The molecule has 0 bridgehead atoms. The van der Waals surface area contributed by atoms with E-state index in [0.717, 1.165) is 11.4 Å². The van der Waals surface area contributed by atoms with E-state index in [1.54, 1.807) is 21.5 Å². The monoisotopic (exact) mass is 193 g/mol. The second kappa shape index (κ2) is 3.44. The van der Waals surface area contributed by atoms with E-state index in [9.17, 15) is 0 Å². The van der Waals surface area contributed by atoms with E-state index in [-0.39, 0.29) is 0 Å². The molecule has 6 heteroatoms. The van der Waals surface area contributed by atoms with Gasteiger partial charge in [-0.2, -0.15) is 5.10 Å². The molecule has 2 heterocycles. The van der Waals surface area contributed by atoms with Gasteiger partial charge in [0.05, 0.1) is 16.9 Å². The highest BCUT2D eigenvalue weighted by Gasteiger charge is 1.98. The molecule has 0 aliphatic carbocycles. The summed E-state index contributed by atoms with van der Waals surface area (Å²) in [6.07, 6.45) is 3.08. The summed E-state index contributed by atoms with van der Waals surface area (Å²) < 4.78 is 1.55. The number of rotatable bonds is 2. The number of hydrogen-bond donors (Lipinski definition) is 0. The number of thiazole rings is 1. The van der Waals surface area contributed by atoms with E-state index in [2.05, 4.69) is 20.3 Å². The van der Waals surface area contributed by atoms with Crippen LogP contribution in [0, 0.1) is 0 Å². The first-order valence-corrected chi connectivity index (χ1v) is 4.59. The molecule has 0 radical (unpaired) electrons. The van der Waals surface area contributed by atoms with Crippen molar-refractivity contribution in [3.05, 3.63) is 29.2 Å². The predicted octanol–water partition coefficient (Wildman–Crippen LogP) is 1.01. The van der Waals surface area contributed by atoms with Crippen molar-refractivity contribution in [1.82, 2.24) is 19.9 Å². The van der Waals surface area contributed by atoms with Gasteiger partial charge in [-0.1, -0.05) is 0 Å². The normalized spacial score (nSPS) is 11.9. The minimum absolute atomic E-state index is 0.848. The van der Waals surface area contributed by atoms with Crippen LogP contribution >= 0.6 is 11.3 Å². The third kappa shape index (κ3) is 1.78. The molecule has 2 aromatic rings. The Morgan fingerprint density at radius 3 is 2.85 bits per heavy atom. The maximum atomic E-state index is 4.21. The van der Waals surface area contributed by atoms with Gasteiger partial charge in [0.25, 0.3) is 0 Å². The molecule has 66 valence electrons. The van der Waals surface area contributed by atoms with Crippen molar-refractivity contribution in [2.24, 2.45) is 5.10 Å². The zero-order valence-corrected chi connectivity index (χ0v) is 7.77. The molecule has 0 N–H and O–H groups in total. The van der Waals surface area contributed by atoms with Crippen LogP contribution in [-0.4, -0.2) is 25.6 Å². The van der Waals surface area contributed by atoms with Crippen molar-refractivity contribution in [2.75, 3.05) is 0 Å². The molecule has 0 fully saturated rings. The van der Waals surface area contributed by atoms with Gasteiger partial charge in [-0.15, -0.1) is 21.5 Å². The molecule has 0 aliphatic rings. The van der Waals surface area contributed by atoms with E-state index in [1.807, 2.05) is 12.3 Å². The summed E-state index contributed by atoms with van der Waals surface area (Å²) in [7, 11) is 0. The molecule has 5 nitrogen and oxygen atoms in total. The van der Waals surface area contributed by atoms with Crippen molar-refractivity contribution in [3.63, 3.8) is 0 Å². The average molecular weight is 193 g/mol. The quantitative estimate of drug-likeness (QED) is 0.669. The van der Waals surface area contributed by atoms with Crippen molar-refractivity contribution in [3.8, 4) is 0 Å². The topological polar surface area (TPSA) is 56.0 Å². The maximum absolute atomic E-state index is 4.21. The van der Waals surface area contributed by atoms with Crippen molar-refractivity contribution in [2.45, 2.75) is 6.92 Å². The van der Waals surface area contributed by atoms with Crippen LogP contribution in [0.15, 0.2) is 28.6 Å². The van der Waals surface area contributed by atoms with Crippen LogP contribution in [0.1, 0.15) is 12.6 Å². The van der Waals surface area contributed by atoms with Gasteiger partial charge in [-0.05, 0) is 6.92 Å². The zero-order chi connectivity index (χ0) is 9.10. The van der Waals surface area contributed by atoms with Crippen molar-refractivity contribution < 1.29 is 0 Å². The molecule has 2 rings (SSSR count). The summed E-state index contributed by atoms with van der Waals surface area (Å²) in [5.41, 5.74) is 3.51. The van der Waals surface area contributed by atoms with Gasteiger partial charge in [-0.3, -0.25) is 0 Å². The molecule has 0 saturated heterocycles. The molecular formula is C7H7N5S. The molecule has 0 saturated carbocycles. The van der Waals surface area contributed by atoms with Gasteiger partial charge >= 0.3 is 0 Å². The van der Waals surface area contributed by atoms with Gasteiger partial charge in [0, 0.05) is 5.38 Å². The summed E-state index contributed by atoms with van der Waals surface area (Å²) in [4.78, 5) is 4.13. The highest BCUT2D eigenvalue weighted by atomic mass is 32.1. The van der Waals surface area contributed by atoms with E-state index < -0.39 is 0 Å². The average Bonchev–Trinajstić information content (AvgIpc) is 2.74. The lowest BCUT2D eigenvalue weighted by atomic mass is 10.3. The second-order valence-corrected chi connectivity index (χ2v) is 3.12. The molecule has 0 aliphatic heterocycles. The van der Waals surface area contributed by atoms with Gasteiger partial charge in [0.1, 0.15) is 12.7 Å². The standard InChI is InChI=1S/C7H7N5S/c1-6(7-2-13-5-8-7)11-12-3-9-10-4-12/h2-5H,1H3/b11-6-. The predicted molar refractivity (Wildman–Crippen MR) is 49.7 cm³/mol. The fourth-order valence-corrected chi connectivity index (χ4v) is 1.46. The third-order valence-corrected chi connectivity index (χ3v) is 2.06. The van der Waals surface area contributed by atoms with Crippen molar-refractivity contribution in [1.29, 1.82) is 0 Å². The molecule has 2 aromatic heterocycles.